The fraction of sp³-hybridized carbons (Fsp3) is 0.267. The number of anilines is 1. The van der Waals surface area contributed by atoms with Crippen LogP contribution >= 0.6 is 11.8 Å². The van der Waals surface area contributed by atoms with Gasteiger partial charge < -0.3 is 15.8 Å². The molecular formula is C15H20N4O2S. The van der Waals surface area contributed by atoms with Crippen LogP contribution in [0.1, 0.15) is 11.3 Å². The molecule has 0 radical (unpaired) electrons. The van der Waals surface area contributed by atoms with E-state index in [0.29, 0.717) is 6.61 Å². The van der Waals surface area contributed by atoms with Gasteiger partial charge in [-0.25, -0.2) is 9.97 Å². The molecule has 0 aliphatic carbocycles. The Morgan fingerprint density at radius 1 is 1.32 bits per heavy atom. The van der Waals surface area contributed by atoms with Crippen LogP contribution in [-0.2, 0) is 22.7 Å². The SMILES string of the molecule is COCc1cc(NCc2ccccc2)nc(SC)n1.NC=O. The number of thioether (sulfide) groups is 1. The standard InChI is InChI=1S/C14H17N3OS.CH3NO/c1-18-10-12-8-13(17-14(16-12)19-2)15-9-11-6-4-3-5-7-11;2-1-3/h3-8H,9-10H2,1-2H3,(H,15,16,17);1H,(H2,2,3). The van der Waals surface area contributed by atoms with Crippen molar-refractivity contribution < 1.29 is 9.53 Å². The molecule has 0 bridgehead atoms. The lowest BCUT2D eigenvalue weighted by atomic mass is 10.2. The average molecular weight is 320 g/mol. The minimum Gasteiger partial charge on any atom is -0.378 e. The molecule has 0 saturated heterocycles. The smallest absolute Gasteiger partial charge is 0.204 e. The molecule has 22 heavy (non-hydrogen) atoms. The molecule has 0 fully saturated rings. The second-order valence-electron chi connectivity index (χ2n) is 4.14. The number of hydrogen-bond donors (Lipinski definition) is 2. The second kappa shape index (κ2) is 10.6. The first-order chi connectivity index (χ1) is 10.7. The van der Waals surface area contributed by atoms with Crippen molar-refractivity contribution in [1.82, 2.24) is 9.97 Å². The number of nitrogens with one attached hydrogen (secondary N) is 1. The highest BCUT2D eigenvalue weighted by molar-refractivity contribution is 7.98. The summed E-state index contributed by atoms with van der Waals surface area (Å²) in [6, 6.07) is 12.2. The van der Waals surface area contributed by atoms with Crippen molar-refractivity contribution >= 4 is 24.0 Å². The molecule has 1 heterocycles. The minimum absolute atomic E-state index is 0.250. The predicted octanol–water partition coefficient (Wildman–Crippen LogP) is 2.06. The van der Waals surface area contributed by atoms with Crippen LogP contribution in [0.15, 0.2) is 41.6 Å². The largest absolute Gasteiger partial charge is 0.378 e. The van der Waals surface area contributed by atoms with Gasteiger partial charge in [-0.3, -0.25) is 4.79 Å². The van der Waals surface area contributed by atoms with Gasteiger partial charge in [0.1, 0.15) is 5.82 Å². The lowest BCUT2D eigenvalue weighted by molar-refractivity contribution is -0.106. The summed E-state index contributed by atoms with van der Waals surface area (Å²) in [5, 5.41) is 4.07. The van der Waals surface area contributed by atoms with Crippen LogP contribution in [0.4, 0.5) is 5.82 Å². The summed E-state index contributed by atoms with van der Waals surface area (Å²) in [6.07, 6.45) is 2.22. The monoisotopic (exact) mass is 320 g/mol. The summed E-state index contributed by atoms with van der Waals surface area (Å²) in [4.78, 5) is 17.4. The quantitative estimate of drug-likeness (QED) is 0.481. The third kappa shape index (κ3) is 6.55. The van der Waals surface area contributed by atoms with Crippen molar-refractivity contribution in [2.75, 3.05) is 18.7 Å². The Balaban J connectivity index is 0.000000745. The van der Waals surface area contributed by atoms with Gasteiger partial charge in [0.25, 0.3) is 0 Å². The van der Waals surface area contributed by atoms with E-state index in [4.69, 9.17) is 9.53 Å². The topological polar surface area (TPSA) is 90.1 Å². The van der Waals surface area contributed by atoms with Crippen LogP contribution < -0.4 is 11.1 Å². The van der Waals surface area contributed by atoms with Gasteiger partial charge in [-0.2, -0.15) is 0 Å². The Morgan fingerprint density at radius 3 is 2.59 bits per heavy atom. The van der Waals surface area contributed by atoms with Crippen LogP contribution in [0.3, 0.4) is 0 Å². The third-order valence-electron chi connectivity index (χ3n) is 2.55. The Bertz CT molecular complexity index is 567. The predicted molar refractivity (Wildman–Crippen MR) is 88.5 cm³/mol. The molecule has 1 aromatic heterocycles. The number of nitrogens with two attached hydrogens (primary N) is 1. The maximum atomic E-state index is 8.58. The molecule has 118 valence electrons. The highest BCUT2D eigenvalue weighted by Crippen LogP contribution is 2.15. The summed E-state index contributed by atoms with van der Waals surface area (Å²) >= 11 is 1.53. The van der Waals surface area contributed by atoms with E-state index in [1.807, 2.05) is 30.5 Å². The zero-order chi connectivity index (χ0) is 16.2. The lowest BCUT2D eigenvalue weighted by Gasteiger charge is -2.09. The first-order valence-corrected chi connectivity index (χ1v) is 7.80. The van der Waals surface area contributed by atoms with Crippen molar-refractivity contribution in [3.8, 4) is 0 Å². The summed E-state index contributed by atoms with van der Waals surface area (Å²) in [7, 11) is 1.66. The summed E-state index contributed by atoms with van der Waals surface area (Å²) in [6.45, 7) is 1.24. The normalized spacial score (nSPS) is 9.55. The number of aromatic nitrogens is 2. The number of benzene rings is 1. The van der Waals surface area contributed by atoms with Gasteiger partial charge in [0.15, 0.2) is 5.16 Å². The van der Waals surface area contributed by atoms with E-state index in [1.54, 1.807) is 7.11 Å². The van der Waals surface area contributed by atoms with E-state index in [1.165, 1.54) is 17.3 Å². The average Bonchev–Trinajstić information content (AvgIpc) is 2.55. The lowest BCUT2D eigenvalue weighted by Crippen LogP contribution is -2.05. The Hall–Kier alpha value is -2.12. The molecule has 0 unspecified atom stereocenters. The summed E-state index contributed by atoms with van der Waals surface area (Å²) in [5.41, 5.74) is 6.28. The Kier molecular flexibility index (Phi) is 8.63. The second-order valence-corrected chi connectivity index (χ2v) is 4.91. The third-order valence-corrected chi connectivity index (χ3v) is 3.10. The van der Waals surface area contributed by atoms with Gasteiger partial charge in [-0.15, -0.1) is 0 Å². The van der Waals surface area contributed by atoms with Crippen molar-refractivity contribution in [2.24, 2.45) is 5.73 Å². The van der Waals surface area contributed by atoms with E-state index in [9.17, 15) is 0 Å². The molecule has 3 N–H and O–H groups in total. The van der Waals surface area contributed by atoms with Crippen LogP contribution in [0.25, 0.3) is 0 Å². The number of hydrogen-bond acceptors (Lipinski definition) is 6. The van der Waals surface area contributed by atoms with E-state index >= 15 is 0 Å². The van der Waals surface area contributed by atoms with Crippen LogP contribution in [-0.4, -0.2) is 29.7 Å². The summed E-state index contributed by atoms with van der Waals surface area (Å²) in [5.74, 6) is 0.829. The van der Waals surface area contributed by atoms with E-state index < -0.39 is 0 Å². The number of rotatable bonds is 6. The van der Waals surface area contributed by atoms with Gasteiger partial charge in [-0.1, -0.05) is 42.1 Å². The first-order valence-electron chi connectivity index (χ1n) is 6.57. The number of nitrogens with zero attached hydrogens (tertiary/aromatic N) is 2. The van der Waals surface area contributed by atoms with Crippen molar-refractivity contribution in [3.05, 3.63) is 47.7 Å². The first kappa shape index (κ1) is 17.9. The molecule has 0 aliphatic rings. The highest BCUT2D eigenvalue weighted by Gasteiger charge is 2.04. The molecule has 7 heteroatoms. The highest BCUT2D eigenvalue weighted by atomic mass is 32.2. The molecule has 6 nitrogen and oxygen atoms in total. The zero-order valence-corrected chi connectivity index (χ0v) is 13.5. The summed E-state index contributed by atoms with van der Waals surface area (Å²) < 4.78 is 5.12. The maximum absolute atomic E-state index is 8.58. The van der Waals surface area contributed by atoms with Gasteiger partial charge in [0.2, 0.25) is 6.41 Å². The zero-order valence-electron chi connectivity index (χ0n) is 12.7. The molecule has 0 saturated carbocycles. The van der Waals surface area contributed by atoms with Crippen molar-refractivity contribution in [3.63, 3.8) is 0 Å². The van der Waals surface area contributed by atoms with Gasteiger partial charge in [0.05, 0.1) is 12.3 Å². The van der Waals surface area contributed by atoms with Crippen LogP contribution in [0, 0.1) is 0 Å². The molecule has 1 amide bonds. The minimum atomic E-state index is 0.250. The van der Waals surface area contributed by atoms with E-state index in [2.05, 4.69) is 33.2 Å². The molecule has 0 spiro atoms. The van der Waals surface area contributed by atoms with Gasteiger partial charge >= 0.3 is 0 Å². The maximum Gasteiger partial charge on any atom is 0.204 e. The number of amides is 1. The fourth-order valence-corrected chi connectivity index (χ4v) is 2.06. The Labute approximate surface area is 134 Å². The van der Waals surface area contributed by atoms with E-state index in [-0.39, 0.29) is 6.41 Å². The Morgan fingerprint density at radius 2 is 2.00 bits per heavy atom. The fourth-order valence-electron chi connectivity index (χ4n) is 1.67. The molecule has 0 aliphatic heterocycles. The number of methoxy groups -OCH3 is 1. The van der Waals surface area contributed by atoms with Crippen LogP contribution in [0.5, 0.6) is 0 Å². The molecular weight excluding hydrogens is 300 g/mol. The molecule has 2 aromatic rings. The molecule has 0 atom stereocenters. The van der Waals surface area contributed by atoms with Crippen LogP contribution in [0.2, 0.25) is 0 Å². The number of carbonyl (C=O) groups is 1. The number of ether oxygens (including phenoxy) is 1. The van der Waals surface area contributed by atoms with E-state index in [0.717, 1.165) is 23.2 Å². The molecule has 1 aromatic carbocycles. The van der Waals surface area contributed by atoms with Crippen molar-refractivity contribution in [1.29, 1.82) is 0 Å². The van der Waals surface area contributed by atoms with Gasteiger partial charge in [-0.05, 0) is 11.8 Å². The number of carbonyl (C=O) groups excluding carboxylic acids is 1. The van der Waals surface area contributed by atoms with Gasteiger partial charge in [0, 0.05) is 19.7 Å². The molecule has 2 rings (SSSR count). The number of primary amides is 1. The van der Waals surface area contributed by atoms with Crippen molar-refractivity contribution in [2.45, 2.75) is 18.3 Å².